The second-order valence-corrected chi connectivity index (χ2v) is 5.85. The van der Waals surface area contributed by atoms with Gasteiger partial charge in [-0.1, -0.05) is 18.2 Å². The first-order chi connectivity index (χ1) is 9.75. The van der Waals surface area contributed by atoms with Crippen LogP contribution in [0.5, 0.6) is 5.75 Å². The number of benzene rings is 1. The topological polar surface area (TPSA) is 24.5 Å². The third-order valence-corrected chi connectivity index (χ3v) is 3.68. The van der Waals surface area contributed by atoms with Crippen molar-refractivity contribution in [1.29, 1.82) is 0 Å². The van der Waals surface area contributed by atoms with Gasteiger partial charge in [0.1, 0.15) is 5.75 Å². The van der Waals surface area contributed by atoms with E-state index >= 15 is 0 Å². The average Bonchev–Trinajstić information content (AvgIpc) is 2.93. The molecule has 0 amide bonds. The van der Waals surface area contributed by atoms with Crippen LogP contribution in [0.1, 0.15) is 38.7 Å². The van der Waals surface area contributed by atoms with Crippen LogP contribution in [-0.2, 0) is 6.54 Å². The number of nitrogens with zero attached hydrogens (tertiary/aromatic N) is 1. The lowest BCUT2D eigenvalue weighted by Gasteiger charge is -2.16. The van der Waals surface area contributed by atoms with E-state index < -0.39 is 0 Å². The van der Waals surface area contributed by atoms with Crippen molar-refractivity contribution in [2.45, 2.75) is 45.8 Å². The van der Waals surface area contributed by atoms with E-state index in [0.29, 0.717) is 0 Å². The lowest BCUT2D eigenvalue weighted by Crippen LogP contribution is -2.24. The molecule has 1 heterocycles. The van der Waals surface area contributed by atoms with Crippen LogP contribution in [-0.4, -0.2) is 37.2 Å². The summed E-state index contributed by atoms with van der Waals surface area (Å²) in [7, 11) is 0. The lowest BCUT2D eigenvalue weighted by atomic mass is 10.2. The van der Waals surface area contributed by atoms with Gasteiger partial charge in [-0.2, -0.15) is 0 Å². The molecule has 1 aromatic carbocycles. The molecule has 0 spiro atoms. The van der Waals surface area contributed by atoms with Crippen LogP contribution >= 0.6 is 0 Å². The van der Waals surface area contributed by atoms with Crippen molar-refractivity contribution in [3.63, 3.8) is 0 Å². The van der Waals surface area contributed by atoms with Gasteiger partial charge in [-0.05, 0) is 65.4 Å². The molecule has 1 aliphatic rings. The van der Waals surface area contributed by atoms with E-state index in [2.05, 4.69) is 42.3 Å². The molecule has 1 fully saturated rings. The Morgan fingerprint density at radius 2 is 1.95 bits per heavy atom. The molecule has 20 heavy (non-hydrogen) atoms. The predicted molar refractivity (Wildman–Crippen MR) is 84.2 cm³/mol. The maximum atomic E-state index is 5.84. The highest BCUT2D eigenvalue weighted by Crippen LogP contribution is 2.19. The molecule has 0 atom stereocenters. The Morgan fingerprint density at radius 1 is 1.20 bits per heavy atom. The normalized spacial score (nSPS) is 15.9. The zero-order valence-electron chi connectivity index (χ0n) is 12.9. The zero-order chi connectivity index (χ0) is 14.2. The van der Waals surface area contributed by atoms with E-state index in [1.807, 2.05) is 6.07 Å². The maximum Gasteiger partial charge on any atom is 0.124 e. The monoisotopic (exact) mass is 276 g/mol. The fourth-order valence-corrected chi connectivity index (χ4v) is 2.68. The fourth-order valence-electron chi connectivity index (χ4n) is 2.68. The SMILES string of the molecule is CC(C)Oc1ccccc1CNCCCN1CCCC1. The fraction of sp³-hybridized carbons (Fsp3) is 0.647. The van der Waals surface area contributed by atoms with Crippen molar-refractivity contribution in [1.82, 2.24) is 10.2 Å². The number of likely N-dealkylation sites (tertiary alicyclic amines) is 1. The Kier molecular flexibility index (Phi) is 6.34. The van der Waals surface area contributed by atoms with Crippen LogP contribution in [0.3, 0.4) is 0 Å². The highest BCUT2D eigenvalue weighted by molar-refractivity contribution is 5.33. The van der Waals surface area contributed by atoms with Gasteiger partial charge in [-0.15, -0.1) is 0 Å². The van der Waals surface area contributed by atoms with Gasteiger partial charge in [0.15, 0.2) is 0 Å². The van der Waals surface area contributed by atoms with E-state index in [0.717, 1.165) is 18.8 Å². The third-order valence-electron chi connectivity index (χ3n) is 3.68. The molecule has 1 aliphatic heterocycles. The van der Waals surface area contributed by atoms with Crippen molar-refractivity contribution >= 4 is 0 Å². The summed E-state index contributed by atoms with van der Waals surface area (Å²) in [4.78, 5) is 2.57. The standard InChI is InChI=1S/C17H28N2O/c1-15(2)20-17-9-4-3-8-16(17)14-18-10-7-13-19-11-5-6-12-19/h3-4,8-9,15,18H,5-7,10-14H2,1-2H3. The molecule has 0 aromatic heterocycles. The molecule has 0 radical (unpaired) electrons. The van der Waals surface area contributed by atoms with Crippen LogP contribution in [0.4, 0.5) is 0 Å². The zero-order valence-corrected chi connectivity index (χ0v) is 12.9. The molecule has 0 aliphatic carbocycles. The lowest BCUT2D eigenvalue weighted by molar-refractivity contribution is 0.239. The largest absolute Gasteiger partial charge is 0.491 e. The van der Waals surface area contributed by atoms with E-state index in [9.17, 15) is 0 Å². The van der Waals surface area contributed by atoms with E-state index in [-0.39, 0.29) is 6.10 Å². The Morgan fingerprint density at radius 3 is 2.70 bits per heavy atom. The van der Waals surface area contributed by atoms with Crippen LogP contribution in [0.25, 0.3) is 0 Å². The number of hydrogen-bond donors (Lipinski definition) is 1. The molecule has 3 nitrogen and oxygen atoms in total. The average molecular weight is 276 g/mol. The highest BCUT2D eigenvalue weighted by atomic mass is 16.5. The van der Waals surface area contributed by atoms with Crippen LogP contribution < -0.4 is 10.1 Å². The minimum absolute atomic E-state index is 0.228. The molecule has 0 saturated carbocycles. The van der Waals surface area contributed by atoms with Crippen LogP contribution in [0.15, 0.2) is 24.3 Å². The summed E-state index contributed by atoms with van der Waals surface area (Å²) in [5, 5.41) is 3.53. The maximum absolute atomic E-state index is 5.84. The van der Waals surface area contributed by atoms with Crippen molar-refractivity contribution in [3.05, 3.63) is 29.8 Å². The predicted octanol–water partition coefficient (Wildman–Crippen LogP) is 3.05. The molecule has 1 N–H and O–H groups in total. The smallest absolute Gasteiger partial charge is 0.124 e. The van der Waals surface area contributed by atoms with E-state index in [1.165, 1.54) is 44.5 Å². The molecule has 112 valence electrons. The summed E-state index contributed by atoms with van der Waals surface area (Å²) in [5.74, 6) is 1.01. The first kappa shape index (κ1) is 15.3. The van der Waals surface area contributed by atoms with Gasteiger partial charge in [0.05, 0.1) is 6.10 Å². The first-order valence-corrected chi connectivity index (χ1v) is 7.93. The Balaban J connectivity index is 1.67. The molecule has 0 unspecified atom stereocenters. The van der Waals surface area contributed by atoms with Gasteiger partial charge in [-0.3, -0.25) is 0 Å². The summed E-state index contributed by atoms with van der Waals surface area (Å²) in [6.45, 7) is 9.93. The minimum atomic E-state index is 0.228. The van der Waals surface area contributed by atoms with Gasteiger partial charge in [0.2, 0.25) is 0 Å². The molecule has 1 saturated heterocycles. The summed E-state index contributed by atoms with van der Waals surface area (Å²) in [5.41, 5.74) is 1.25. The summed E-state index contributed by atoms with van der Waals surface area (Å²) in [6, 6.07) is 8.31. The van der Waals surface area contributed by atoms with E-state index in [1.54, 1.807) is 0 Å². The molecule has 3 heteroatoms. The summed E-state index contributed by atoms with van der Waals surface area (Å²) in [6.07, 6.45) is 4.22. The van der Waals surface area contributed by atoms with Gasteiger partial charge >= 0.3 is 0 Å². The van der Waals surface area contributed by atoms with E-state index in [4.69, 9.17) is 4.74 Å². The summed E-state index contributed by atoms with van der Waals surface area (Å²) < 4.78 is 5.84. The number of ether oxygens (including phenoxy) is 1. The van der Waals surface area contributed by atoms with Crippen molar-refractivity contribution in [2.24, 2.45) is 0 Å². The molecule has 2 rings (SSSR count). The number of hydrogen-bond acceptors (Lipinski definition) is 3. The minimum Gasteiger partial charge on any atom is -0.491 e. The van der Waals surface area contributed by atoms with Crippen molar-refractivity contribution < 1.29 is 4.74 Å². The Bertz CT molecular complexity index is 386. The van der Waals surface area contributed by atoms with Gasteiger partial charge in [-0.25, -0.2) is 0 Å². The van der Waals surface area contributed by atoms with Gasteiger partial charge in [0, 0.05) is 12.1 Å². The second-order valence-electron chi connectivity index (χ2n) is 5.85. The van der Waals surface area contributed by atoms with Crippen LogP contribution in [0, 0.1) is 0 Å². The van der Waals surface area contributed by atoms with Gasteiger partial charge in [0.25, 0.3) is 0 Å². The Hall–Kier alpha value is -1.06. The number of rotatable bonds is 8. The third kappa shape index (κ3) is 5.14. The number of para-hydroxylation sites is 1. The summed E-state index contributed by atoms with van der Waals surface area (Å²) >= 11 is 0. The van der Waals surface area contributed by atoms with Crippen molar-refractivity contribution in [3.8, 4) is 5.75 Å². The second kappa shape index (κ2) is 8.28. The number of nitrogens with one attached hydrogen (secondary N) is 1. The molecular weight excluding hydrogens is 248 g/mol. The highest BCUT2D eigenvalue weighted by Gasteiger charge is 2.10. The van der Waals surface area contributed by atoms with Crippen LogP contribution in [0.2, 0.25) is 0 Å². The quantitative estimate of drug-likeness (QED) is 0.739. The molecular formula is C17H28N2O. The van der Waals surface area contributed by atoms with Gasteiger partial charge < -0.3 is 15.0 Å². The first-order valence-electron chi connectivity index (χ1n) is 7.93. The Labute approximate surface area is 123 Å². The van der Waals surface area contributed by atoms with Crippen molar-refractivity contribution in [2.75, 3.05) is 26.2 Å². The molecule has 0 bridgehead atoms. The molecule has 1 aromatic rings.